The number of hydrogen-bond donors (Lipinski definition) is 3. The molecule has 6 heteroatoms. The summed E-state index contributed by atoms with van der Waals surface area (Å²) in [6.07, 6.45) is 3.15. The number of aromatic nitrogens is 3. The number of para-hydroxylation sites is 2. The lowest BCUT2D eigenvalue weighted by Crippen LogP contribution is -2.07. The standard InChI is InChI=1S/C14H17N5O/c15-7-5-10-9-20-14(17-10)16-8-6-13-18-11-3-1-2-4-12(11)19-13/h1-4,9H,5-8,15H2,(H,16,17)(H,18,19). The molecule has 0 atom stereocenters. The predicted octanol–water partition coefficient (Wildman–Crippen LogP) is 1.71. The van der Waals surface area contributed by atoms with Gasteiger partial charge in [0, 0.05) is 19.4 Å². The zero-order valence-corrected chi connectivity index (χ0v) is 11.1. The normalized spacial score (nSPS) is 11.1. The number of nitrogens with one attached hydrogen (secondary N) is 2. The highest BCUT2D eigenvalue weighted by atomic mass is 16.4. The van der Waals surface area contributed by atoms with Crippen molar-refractivity contribution in [2.45, 2.75) is 12.8 Å². The number of imidazole rings is 1. The van der Waals surface area contributed by atoms with Crippen molar-refractivity contribution in [3.05, 3.63) is 42.0 Å². The number of oxazole rings is 1. The predicted molar refractivity (Wildman–Crippen MR) is 77.5 cm³/mol. The fourth-order valence-corrected chi connectivity index (χ4v) is 2.06. The van der Waals surface area contributed by atoms with Gasteiger partial charge in [0.15, 0.2) is 0 Å². The summed E-state index contributed by atoms with van der Waals surface area (Å²) in [5.74, 6) is 0.951. The minimum Gasteiger partial charge on any atom is -0.432 e. The molecule has 0 saturated heterocycles. The molecule has 0 unspecified atom stereocenters. The largest absolute Gasteiger partial charge is 0.432 e. The molecular formula is C14H17N5O. The molecule has 0 radical (unpaired) electrons. The Labute approximate surface area is 116 Å². The first-order valence-corrected chi connectivity index (χ1v) is 6.67. The second kappa shape index (κ2) is 5.75. The zero-order chi connectivity index (χ0) is 13.8. The number of nitrogens with zero attached hydrogens (tertiary/aromatic N) is 2. The van der Waals surface area contributed by atoms with E-state index < -0.39 is 0 Å². The van der Waals surface area contributed by atoms with Gasteiger partial charge in [-0.2, -0.15) is 4.98 Å². The highest BCUT2D eigenvalue weighted by molar-refractivity contribution is 5.74. The van der Waals surface area contributed by atoms with Gasteiger partial charge in [-0.25, -0.2) is 4.98 Å². The molecular weight excluding hydrogens is 254 g/mol. The smallest absolute Gasteiger partial charge is 0.294 e. The molecule has 3 aromatic rings. The molecule has 0 fully saturated rings. The lowest BCUT2D eigenvalue weighted by molar-refractivity contribution is 0.569. The minimum atomic E-state index is 0.532. The van der Waals surface area contributed by atoms with E-state index in [-0.39, 0.29) is 0 Å². The molecule has 2 heterocycles. The molecule has 0 spiro atoms. The fourth-order valence-electron chi connectivity index (χ4n) is 2.06. The Hall–Kier alpha value is -2.34. The number of H-pyrrole nitrogens is 1. The monoisotopic (exact) mass is 271 g/mol. The van der Waals surface area contributed by atoms with Crippen LogP contribution in [0.25, 0.3) is 11.0 Å². The molecule has 4 N–H and O–H groups in total. The Morgan fingerprint density at radius 2 is 2.10 bits per heavy atom. The molecule has 2 aromatic heterocycles. The lowest BCUT2D eigenvalue weighted by atomic mass is 10.3. The second-order valence-corrected chi connectivity index (χ2v) is 4.56. The van der Waals surface area contributed by atoms with Gasteiger partial charge in [0.1, 0.15) is 12.1 Å². The Kier molecular flexibility index (Phi) is 3.64. The molecule has 3 rings (SSSR count). The van der Waals surface area contributed by atoms with Crippen LogP contribution < -0.4 is 11.1 Å². The van der Waals surface area contributed by atoms with Crippen molar-refractivity contribution in [3.8, 4) is 0 Å². The summed E-state index contributed by atoms with van der Waals surface area (Å²) in [7, 11) is 0. The molecule has 0 aliphatic carbocycles. The molecule has 104 valence electrons. The average molecular weight is 271 g/mol. The van der Waals surface area contributed by atoms with Crippen LogP contribution in [-0.4, -0.2) is 28.0 Å². The van der Waals surface area contributed by atoms with Gasteiger partial charge in [-0.1, -0.05) is 12.1 Å². The number of aromatic amines is 1. The third-order valence-corrected chi connectivity index (χ3v) is 3.03. The van der Waals surface area contributed by atoms with Crippen molar-refractivity contribution in [1.29, 1.82) is 0 Å². The summed E-state index contributed by atoms with van der Waals surface area (Å²) in [5, 5.41) is 3.14. The number of hydrogen-bond acceptors (Lipinski definition) is 5. The van der Waals surface area contributed by atoms with E-state index in [1.807, 2.05) is 24.3 Å². The van der Waals surface area contributed by atoms with E-state index >= 15 is 0 Å². The van der Waals surface area contributed by atoms with Gasteiger partial charge < -0.3 is 20.5 Å². The van der Waals surface area contributed by atoms with Crippen molar-refractivity contribution in [2.75, 3.05) is 18.4 Å². The van der Waals surface area contributed by atoms with Crippen LogP contribution in [0.1, 0.15) is 11.5 Å². The highest BCUT2D eigenvalue weighted by Crippen LogP contribution is 2.11. The number of nitrogens with two attached hydrogens (primary N) is 1. The van der Waals surface area contributed by atoms with Gasteiger partial charge in [0.25, 0.3) is 6.01 Å². The van der Waals surface area contributed by atoms with E-state index in [1.54, 1.807) is 6.26 Å². The first-order valence-electron chi connectivity index (χ1n) is 6.67. The summed E-state index contributed by atoms with van der Waals surface area (Å²) in [4.78, 5) is 12.1. The van der Waals surface area contributed by atoms with E-state index in [0.717, 1.165) is 35.4 Å². The van der Waals surface area contributed by atoms with Crippen LogP contribution in [0, 0.1) is 0 Å². The quantitative estimate of drug-likeness (QED) is 0.634. The van der Waals surface area contributed by atoms with E-state index in [4.69, 9.17) is 10.2 Å². The maximum absolute atomic E-state index is 5.47. The first-order chi connectivity index (χ1) is 9.85. The maximum atomic E-state index is 5.47. The average Bonchev–Trinajstić information content (AvgIpc) is 3.05. The second-order valence-electron chi connectivity index (χ2n) is 4.56. The van der Waals surface area contributed by atoms with Crippen LogP contribution in [-0.2, 0) is 12.8 Å². The molecule has 0 aliphatic heterocycles. The summed E-state index contributed by atoms with van der Waals surface area (Å²) in [5.41, 5.74) is 8.39. The maximum Gasteiger partial charge on any atom is 0.294 e. The Bertz CT molecular complexity index is 655. The van der Waals surface area contributed by atoms with Crippen molar-refractivity contribution >= 4 is 17.0 Å². The molecule has 0 aliphatic rings. The first kappa shape index (κ1) is 12.7. The topological polar surface area (TPSA) is 92.8 Å². The van der Waals surface area contributed by atoms with E-state index in [0.29, 0.717) is 19.1 Å². The van der Waals surface area contributed by atoms with Gasteiger partial charge in [-0.05, 0) is 18.7 Å². The molecule has 1 aromatic carbocycles. The molecule has 0 saturated carbocycles. The van der Waals surface area contributed by atoms with Crippen LogP contribution in [0.5, 0.6) is 0 Å². The van der Waals surface area contributed by atoms with Gasteiger partial charge in [0.05, 0.1) is 16.7 Å². The lowest BCUT2D eigenvalue weighted by Gasteiger charge is -1.98. The van der Waals surface area contributed by atoms with Crippen molar-refractivity contribution in [1.82, 2.24) is 15.0 Å². The number of benzene rings is 1. The number of fused-ring (bicyclic) bond motifs is 1. The van der Waals surface area contributed by atoms with Gasteiger partial charge in [-0.3, -0.25) is 0 Å². The number of rotatable bonds is 6. The van der Waals surface area contributed by atoms with E-state index in [2.05, 4.69) is 20.3 Å². The Morgan fingerprint density at radius 3 is 2.95 bits per heavy atom. The fraction of sp³-hybridized carbons (Fsp3) is 0.286. The Balaban J connectivity index is 1.56. The van der Waals surface area contributed by atoms with Crippen LogP contribution in [0.4, 0.5) is 6.01 Å². The summed E-state index contributed by atoms with van der Waals surface area (Å²) >= 11 is 0. The number of anilines is 1. The molecule has 20 heavy (non-hydrogen) atoms. The van der Waals surface area contributed by atoms with Gasteiger partial charge >= 0.3 is 0 Å². The minimum absolute atomic E-state index is 0.532. The van der Waals surface area contributed by atoms with Crippen LogP contribution in [0.2, 0.25) is 0 Å². The van der Waals surface area contributed by atoms with Crippen molar-refractivity contribution < 1.29 is 4.42 Å². The van der Waals surface area contributed by atoms with Crippen molar-refractivity contribution in [3.63, 3.8) is 0 Å². The van der Waals surface area contributed by atoms with E-state index in [1.165, 1.54) is 0 Å². The van der Waals surface area contributed by atoms with E-state index in [9.17, 15) is 0 Å². The SMILES string of the molecule is NCCc1coc(NCCc2nc3ccccc3[nH]2)n1. The van der Waals surface area contributed by atoms with Crippen LogP contribution in [0.3, 0.4) is 0 Å². The third kappa shape index (κ3) is 2.80. The summed E-state index contributed by atoms with van der Waals surface area (Å²) < 4.78 is 5.31. The van der Waals surface area contributed by atoms with Crippen LogP contribution >= 0.6 is 0 Å². The van der Waals surface area contributed by atoms with Crippen LogP contribution in [0.15, 0.2) is 34.9 Å². The highest BCUT2D eigenvalue weighted by Gasteiger charge is 2.04. The molecule has 0 bridgehead atoms. The van der Waals surface area contributed by atoms with Gasteiger partial charge in [-0.15, -0.1) is 0 Å². The summed E-state index contributed by atoms with van der Waals surface area (Å²) in [6.45, 7) is 1.29. The Morgan fingerprint density at radius 1 is 1.20 bits per heavy atom. The zero-order valence-electron chi connectivity index (χ0n) is 11.1. The molecule has 6 nitrogen and oxygen atoms in total. The van der Waals surface area contributed by atoms with Crippen molar-refractivity contribution in [2.24, 2.45) is 5.73 Å². The van der Waals surface area contributed by atoms with Gasteiger partial charge in [0.2, 0.25) is 0 Å². The summed E-state index contributed by atoms with van der Waals surface area (Å²) in [6, 6.07) is 8.53. The third-order valence-electron chi connectivity index (χ3n) is 3.03. The molecule has 0 amide bonds.